The molecule has 2 aliphatic rings. The zero-order valence-corrected chi connectivity index (χ0v) is 15.1. The van der Waals surface area contributed by atoms with Gasteiger partial charge in [0.25, 0.3) is 15.9 Å². The predicted molar refractivity (Wildman–Crippen MR) is 97.0 cm³/mol. The minimum atomic E-state index is -4.02. The van der Waals surface area contributed by atoms with Crippen LogP contribution in [0.3, 0.4) is 0 Å². The molecule has 2 aromatic carbocycles. The molecule has 1 saturated heterocycles. The summed E-state index contributed by atoms with van der Waals surface area (Å²) in [5, 5.41) is 0. The van der Waals surface area contributed by atoms with Crippen LogP contribution in [0.25, 0.3) is 0 Å². The summed E-state index contributed by atoms with van der Waals surface area (Å²) in [7, 11) is -4.02. The maximum Gasteiger partial charge on any atom is 0.269 e. The molecule has 0 N–H and O–H groups in total. The van der Waals surface area contributed by atoms with Crippen molar-refractivity contribution in [2.24, 2.45) is 0 Å². The van der Waals surface area contributed by atoms with E-state index in [1.54, 1.807) is 35.2 Å². The third-order valence-electron chi connectivity index (χ3n) is 4.77. The van der Waals surface area contributed by atoms with Crippen molar-refractivity contribution in [1.82, 2.24) is 4.31 Å². The molecule has 0 unspecified atom stereocenters. The van der Waals surface area contributed by atoms with Crippen LogP contribution in [0.15, 0.2) is 53.4 Å². The first kappa shape index (κ1) is 17.4. The second-order valence-corrected chi connectivity index (χ2v) is 8.26. The Morgan fingerprint density at radius 2 is 1.70 bits per heavy atom. The fraction of sp³-hybridized carbons (Fsp3) is 0.211. The van der Waals surface area contributed by atoms with E-state index in [1.165, 1.54) is 18.2 Å². The van der Waals surface area contributed by atoms with Crippen LogP contribution in [0.2, 0.25) is 0 Å². The molecule has 0 bridgehead atoms. The van der Waals surface area contributed by atoms with Crippen LogP contribution >= 0.6 is 0 Å². The summed E-state index contributed by atoms with van der Waals surface area (Å²) >= 11 is 0. The van der Waals surface area contributed by atoms with Crippen molar-refractivity contribution in [3.05, 3.63) is 59.7 Å². The van der Waals surface area contributed by atoms with Gasteiger partial charge in [-0.05, 0) is 42.8 Å². The van der Waals surface area contributed by atoms with Crippen molar-refractivity contribution in [3.8, 4) is 0 Å². The number of anilines is 1. The number of benzene rings is 2. The van der Waals surface area contributed by atoms with Crippen LogP contribution in [0.5, 0.6) is 0 Å². The predicted octanol–water partition coefficient (Wildman–Crippen LogP) is 1.84. The van der Waals surface area contributed by atoms with E-state index >= 15 is 0 Å². The first-order chi connectivity index (χ1) is 12.9. The molecule has 2 amide bonds. The normalized spacial score (nSPS) is 18.1. The number of carbonyl (C=O) groups is 3. The molecule has 2 heterocycles. The Morgan fingerprint density at radius 1 is 1.00 bits per heavy atom. The molecule has 2 aromatic rings. The minimum Gasteiger partial charge on any atom is -0.312 e. The molecule has 0 aromatic heterocycles. The van der Waals surface area contributed by atoms with E-state index in [-0.39, 0.29) is 21.9 Å². The second-order valence-electron chi connectivity index (χ2n) is 6.43. The van der Waals surface area contributed by atoms with Gasteiger partial charge in [0.05, 0.1) is 5.56 Å². The third kappa shape index (κ3) is 2.82. The molecule has 7 nitrogen and oxygen atoms in total. The smallest absolute Gasteiger partial charge is 0.269 e. The lowest BCUT2D eigenvalue weighted by molar-refractivity contribution is -0.117. The highest BCUT2D eigenvalue weighted by molar-refractivity contribution is 7.90. The van der Waals surface area contributed by atoms with Crippen molar-refractivity contribution in [2.45, 2.75) is 17.7 Å². The Hall–Kier alpha value is -3.00. The van der Waals surface area contributed by atoms with Gasteiger partial charge in [-0.25, -0.2) is 12.7 Å². The third-order valence-corrected chi connectivity index (χ3v) is 6.56. The van der Waals surface area contributed by atoms with E-state index in [2.05, 4.69) is 0 Å². The monoisotopic (exact) mass is 384 g/mol. The van der Waals surface area contributed by atoms with E-state index in [1.807, 2.05) is 0 Å². The molecule has 2 aliphatic heterocycles. The number of fused-ring (bicyclic) bond motifs is 1. The Labute approximate surface area is 156 Å². The average Bonchev–Trinajstić information content (AvgIpc) is 3.18. The highest BCUT2D eigenvalue weighted by atomic mass is 32.2. The Bertz CT molecular complexity index is 1060. The number of hydrogen-bond donors (Lipinski definition) is 0. The lowest BCUT2D eigenvalue weighted by Gasteiger charge is -2.17. The van der Waals surface area contributed by atoms with Gasteiger partial charge in [0.1, 0.15) is 11.4 Å². The van der Waals surface area contributed by atoms with E-state index in [0.717, 1.165) is 6.42 Å². The number of ketones is 1. The van der Waals surface area contributed by atoms with Crippen LogP contribution in [-0.4, -0.2) is 43.4 Å². The van der Waals surface area contributed by atoms with Gasteiger partial charge >= 0.3 is 0 Å². The number of rotatable bonds is 4. The Kier molecular flexibility index (Phi) is 4.07. The Balaban J connectivity index is 1.55. The highest BCUT2D eigenvalue weighted by Gasteiger charge is 2.41. The number of amides is 2. The molecule has 0 saturated carbocycles. The largest absolute Gasteiger partial charge is 0.312 e. The van der Waals surface area contributed by atoms with E-state index in [4.69, 9.17) is 0 Å². The zero-order chi connectivity index (χ0) is 19.2. The average molecular weight is 384 g/mol. The van der Waals surface area contributed by atoms with E-state index in [9.17, 15) is 22.8 Å². The molecule has 138 valence electrons. The molecule has 0 atom stereocenters. The van der Waals surface area contributed by atoms with Gasteiger partial charge in [0, 0.05) is 24.2 Å². The van der Waals surface area contributed by atoms with Gasteiger partial charge in [0.15, 0.2) is 5.78 Å². The standard InChI is InChI=1S/C19H16N2O5S/c22-16(13-7-9-14(10-8-13)20-11-3-6-18(20)23)12-21-19(24)15-4-1-2-5-17(15)27(21,25)26/h1-2,4-5,7-10H,3,6,11-12H2. The van der Waals surface area contributed by atoms with Crippen LogP contribution in [-0.2, 0) is 14.8 Å². The summed E-state index contributed by atoms with van der Waals surface area (Å²) < 4.78 is 25.7. The van der Waals surface area contributed by atoms with Crippen LogP contribution in [0.4, 0.5) is 5.69 Å². The van der Waals surface area contributed by atoms with Crippen molar-refractivity contribution in [1.29, 1.82) is 0 Å². The molecule has 1 fully saturated rings. The van der Waals surface area contributed by atoms with Crippen LogP contribution in [0.1, 0.15) is 33.6 Å². The topological polar surface area (TPSA) is 91.8 Å². The van der Waals surface area contributed by atoms with Crippen LogP contribution in [0, 0.1) is 0 Å². The molecular formula is C19H16N2O5S. The fourth-order valence-electron chi connectivity index (χ4n) is 3.36. The van der Waals surface area contributed by atoms with E-state index in [0.29, 0.717) is 23.0 Å². The highest BCUT2D eigenvalue weighted by Crippen LogP contribution is 2.30. The number of hydrogen-bond acceptors (Lipinski definition) is 5. The zero-order valence-electron chi connectivity index (χ0n) is 14.3. The van der Waals surface area contributed by atoms with Gasteiger partial charge in [-0.1, -0.05) is 12.1 Å². The Morgan fingerprint density at radius 3 is 2.33 bits per heavy atom. The molecular weight excluding hydrogens is 368 g/mol. The molecule has 27 heavy (non-hydrogen) atoms. The number of Topliss-reactive ketones (excluding diaryl/α,β-unsaturated/α-hetero) is 1. The van der Waals surface area contributed by atoms with Crippen molar-refractivity contribution >= 4 is 33.3 Å². The lowest BCUT2D eigenvalue weighted by Crippen LogP contribution is -2.35. The number of nitrogens with zero attached hydrogens (tertiary/aromatic N) is 2. The maximum absolute atomic E-state index is 12.5. The van der Waals surface area contributed by atoms with Gasteiger partial charge in [-0.2, -0.15) is 0 Å². The van der Waals surface area contributed by atoms with Gasteiger partial charge < -0.3 is 4.90 Å². The first-order valence-electron chi connectivity index (χ1n) is 8.49. The SMILES string of the molecule is O=C(CN1C(=O)c2ccccc2S1(=O)=O)c1ccc(N2CCCC2=O)cc1. The summed E-state index contributed by atoms with van der Waals surface area (Å²) in [5.74, 6) is -1.14. The maximum atomic E-state index is 12.5. The summed E-state index contributed by atoms with van der Waals surface area (Å²) in [4.78, 5) is 38.3. The van der Waals surface area contributed by atoms with Gasteiger partial charge in [-0.3, -0.25) is 14.4 Å². The summed E-state index contributed by atoms with van der Waals surface area (Å²) in [6, 6.07) is 12.3. The molecule has 0 radical (unpaired) electrons. The first-order valence-corrected chi connectivity index (χ1v) is 9.93. The van der Waals surface area contributed by atoms with Crippen molar-refractivity contribution in [3.63, 3.8) is 0 Å². The lowest BCUT2D eigenvalue weighted by atomic mass is 10.1. The van der Waals surface area contributed by atoms with Crippen molar-refractivity contribution < 1.29 is 22.8 Å². The molecule has 0 spiro atoms. The molecule has 0 aliphatic carbocycles. The van der Waals surface area contributed by atoms with Gasteiger partial charge in [-0.15, -0.1) is 0 Å². The number of carbonyl (C=O) groups excluding carboxylic acids is 3. The summed E-state index contributed by atoms with van der Waals surface area (Å²) in [5.41, 5.74) is 1.06. The van der Waals surface area contributed by atoms with Crippen LogP contribution < -0.4 is 4.90 Å². The summed E-state index contributed by atoms with van der Waals surface area (Å²) in [6.45, 7) is 0.0861. The number of sulfonamides is 1. The molecule has 8 heteroatoms. The van der Waals surface area contributed by atoms with E-state index < -0.39 is 28.3 Å². The fourth-order valence-corrected chi connectivity index (χ4v) is 4.88. The van der Waals surface area contributed by atoms with Crippen molar-refractivity contribution in [2.75, 3.05) is 18.0 Å². The summed E-state index contributed by atoms with van der Waals surface area (Å²) in [6.07, 6.45) is 1.31. The second kappa shape index (κ2) is 6.31. The van der Waals surface area contributed by atoms with Gasteiger partial charge in [0.2, 0.25) is 5.91 Å². The molecule has 4 rings (SSSR count). The quantitative estimate of drug-likeness (QED) is 0.750. The minimum absolute atomic E-state index is 0.0422.